The molecule has 0 aromatic carbocycles. The molecule has 0 aromatic rings. The highest BCUT2D eigenvalue weighted by atomic mass is 16.4. The summed E-state index contributed by atoms with van der Waals surface area (Å²) in [6.45, 7) is 0.733. The Labute approximate surface area is 94.3 Å². The maximum Gasteiger partial charge on any atom is 0.320 e. The van der Waals surface area contributed by atoms with Gasteiger partial charge in [-0.1, -0.05) is 0 Å². The molecule has 0 bridgehead atoms. The second kappa shape index (κ2) is 8.03. The molecule has 94 valence electrons. The van der Waals surface area contributed by atoms with Crippen LogP contribution in [-0.4, -0.2) is 42.2 Å². The fourth-order valence-electron chi connectivity index (χ4n) is 1.10. The maximum absolute atomic E-state index is 11.3. The van der Waals surface area contributed by atoms with Gasteiger partial charge in [0.1, 0.15) is 6.04 Å². The summed E-state index contributed by atoms with van der Waals surface area (Å²) in [5, 5.41) is 11.1. The summed E-state index contributed by atoms with van der Waals surface area (Å²) in [6.07, 6.45) is 1.26. The van der Waals surface area contributed by atoms with E-state index < -0.39 is 18.1 Å². The molecule has 0 saturated heterocycles. The largest absolute Gasteiger partial charge is 0.480 e. The van der Waals surface area contributed by atoms with Crippen LogP contribution in [0.5, 0.6) is 0 Å². The van der Waals surface area contributed by atoms with Crippen LogP contribution in [0.15, 0.2) is 0 Å². The number of nitrogens with two attached hydrogens (primary N) is 3. The van der Waals surface area contributed by atoms with Crippen molar-refractivity contribution >= 4 is 11.9 Å². The zero-order valence-electron chi connectivity index (χ0n) is 9.19. The van der Waals surface area contributed by atoms with Crippen molar-refractivity contribution in [1.82, 2.24) is 5.32 Å². The third-order valence-electron chi connectivity index (χ3n) is 2.12. The van der Waals surface area contributed by atoms with Gasteiger partial charge < -0.3 is 27.6 Å². The third-order valence-corrected chi connectivity index (χ3v) is 2.12. The fraction of sp³-hybridized carbons (Fsp3) is 0.778. The smallest absolute Gasteiger partial charge is 0.320 e. The standard InChI is InChI=1S/C9H20N4O3/c10-4-3-6(11)8(14)13-5-1-2-7(12)9(15)16/h6-7H,1-5,10-12H2,(H,13,14)(H,15,16)/t6-,7-/m0/s1. The molecule has 2 atom stereocenters. The predicted octanol–water partition coefficient (Wildman–Crippen LogP) is -2.03. The van der Waals surface area contributed by atoms with Crippen molar-refractivity contribution in [2.24, 2.45) is 17.2 Å². The Kier molecular flexibility index (Phi) is 7.44. The number of carbonyl (C=O) groups excluding carboxylic acids is 1. The lowest BCUT2D eigenvalue weighted by molar-refractivity contribution is -0.138. The van der Waals surface area contributed by atoms with Crippen molar-refractivity contribution in [2.45, 2.75) is 31.3 Å². The number of rotatable bonds is 8. The van der Waals surface area contributed by atoms with Gasteiger partial charge in [0, 0.05) is 6.54 Å². The Bertz CT molecular complexity index is 235. The average Bonchev–Trinajstić information content (AvgIpc) is 2.23. The number of carboxylic acid groups (broad SMARTS) is 1. The Morgan fingerprint density at radius 3 is 2.31 bits per heavy atom. The summed E-state index contributed by atoms with van der Waals surface area (Å²) in [5.41, 5.74) is 16.0. The van der Waals surface area contributed by atoms with E-state index in [9.17, 15) is 9.59 Å². The van der Waals surface area contributed by atoms with E-state index >= 15 is 0 Å². The second-order valence-electron chi connectivity index (χ2n) is 3.56. The molecule has 0 aliphatic heterocycles. The van der Waals surface area contributed by atoms with Crippen LogP contribution in [0.25, 0.3) is 0 Å². The molecule has 0 rings (SSSR count). The number of aliphatic carboxylic acids is 1. The van der Waals surface area contributed by atoms with Gasteiger partial charge >= 0.3 is 5.97 Å². The fourth-order valence-corrected chi connectivity index (χ4v) is 1.10. The first-order valence-corrected chi connectivity index (χ1v) is 5.20. The zero-order valence-corrected chi connectivity index (χ0v) is 9.19. The van der Waals surface area contributed by atoms with Gasteiger partial charge in [0.2, 0.25) is 5.91 Å². The van der Waals surface area contributed by atoms with Crippen molar-refractivity contribution in [2.75, 3.05) is 13.1 Å². The van der Waals surface area contributed by atoms with Gasteiger partial charge in [0.05, 0.1) is 6.04 Å². The van der Waals surface area contributed by atoms with Crippen molar-refractivity contribution in [3.63, 3.8) is 0 Å². The number of carboxylic acids is 1. The molecule has 0 radical (unpaired) electrons. The second-order valence-corrected chi connectivity index (χ2v) is 3.56. The Balaban J connectivity index is 3.58. The first kappa shape index (κ1) is 14.8. The first-order chi connectivity index (χ1) is 7.49. The van der Waals surface area contributed by atoms with Crippen LogP contribution in [0.3, 0.4) is 0 Å². The molecular weight excluding hydrogens is 212 g/mol. The maximum atomic E-state index is 11.3. The molecule has 1 amide bonds. The minimum Gasteiger partial charge on any atom is -0.480 e. The normalized spacial score (nSPS) is 14.2. The van der Waals surface area contributed by atoms with Gasteiger partial charge in [-0.2, -0.15) is 0 Å². The van der Waals surface area contributed by atoms with Crippen LogP contribution < -0.4 is 22.5 Å². The molecular formula is C9H20N4O3. The zero-order chi connectivity index (χ0) is 12.6. The minimum atomic E-state index is -1.04. The molecule has 0 heterocycles. The van der Waals surface area contributed by atoms with Gasteiger partial charge in [0.25, 0.3) is 0 Å². The number of nitrogens with one attached hydrogen (secondary N) is 1. The summed E-state index contributed by atoms with van der Waals surface area (Å²) < 4.78 is 0. The van der Waals surface area contributed by atoms with E-state index in [0.717, 1.165) is 0 Å². The molecule has 8 N–H and O–H groups in total. The first-order valence-electron chi connectivity index (χ1n) is 5.20. The highest BCUT2D eigenvalue weighted by Crippen LogP contribution is 1.93. The van der Waals surface area contributed by atoms with E-state index in [-0.39, 0.29) is 5.91 Å². The summed E-state index contributed by atoms with van der Waals surface area (Å²) >= 11 is 0. The van der Waals surface area contributed by atoms with Gasteiger partial charge in [-0.15, -0.1) is 0 Å². The highest BCUT2D eigenvalue weighted by Gasteiger charge is 2.13. The van der Waals surface area contributed by atoms with Gasteiger partial charge in [-0.3, -0.25) is 9.59 Å². The molecule has 0 fully saturated rings. The van der Waals surface area contributed by atoms with E-state index in [0.29, 0.717) is 32.4 Å². The Hall–Kier alpha value is -1.18. The van der Waals surface area contributed by atoms with Gasteiger partial charge in [-0.25, -0.2) is 0 Å². The van der Waals surface area contributed by atoms with Crippen molar-refractivity contribution in [3.05, 3.63) is 0 Å². The monoisotopic (exact) mass is 232 g/mol. The molecule has 7 heteroatoms. The Morgan fingerprint density at radius 2 is 1.81 bits per heavy atom. The average molecular weight is 232 g/mol. The third kappa shape index (κ3) is 6.33. The van der Waals surface area contributed by atoms with E-state index in [1.54, 1.807) is 0 Å². The summed E-state index contributed by atoms with van der Waals surface area (Å²) in [4.78, 5) is 21.6. The van der Waals surface area contributed by atoms with Crippen LogP contribution in [0.4, 0.5) is 0 Å². The molecule has 0 aromatic heterocycles. The molecule has 0 saturated carbocycles. The predicted molar refractivity (Wildman–Crippen MR) is 59.5 cm³/mol. The van der Waals surface area contributed by atoms with E-state index in [4.69, 9.17) is 22.3 Å². The number of amides is 1. The number of carbonyl (C=O) groups is 2. The van der Waals surface area contributed by atoms with Crippen molar-refractivity contribution in [1.29, 1.82) is 0 Å². The molecule has 7 nitrogen and oxygen atoms in total. The molecule has 0 unspecified atom stereocenters. The van der Waals surface area contributed by atoms with E-state index in [1.165, 1.54) is 0 Å². The van der Waals surface area contributed by atoms with Crippen LogP contribution in [-0.2, 0) is 9.59 Å². The van der Waals surface area contributed by atoms with Gasteiger partial charge in [0.15, 0.2) is 0 Å². The molecule has 16 heavy (non-hydrogen) atoms. The van der Waals surface area contributed by atoms with Crippen molar-refractivity contribution in [3.8, 4) is 0 Å². The highest BCUT2D eigenvalue weighted by molar-refractivity contribution is 5.81. The quantitative estimate of drug-likeness (QED) is 0.305. The van der Waals surface area contributed by atoms with Crippen LogP contribution in [0.1, 0.15) is 19.3 Å². The van der Waals surface area contributed by atoms with Crippen molar-refractivity contribution < 1.29 is 14.7 Å². The van der Waals surface area contributed by atoms with Crippen LogP contribution >= 0.6 is 0 Å². The molecule has 0 spiro atoms. The number of hydrogen-bond acceptors (Lipinski definition) is 5. The Morgan fingerprint density at radius 1 is 1.19 bits per heavy atom. The summed E-state index contributed by atoms with van der Waals surface area (Å²) in [5.74, 6) is -1.31. The lowest BCUT2D eigenvalue weighted by Gasteiger charge is -2.11. The minimum absolute atomic E-state index is 0.269. The summed E-state index contributed by atoms with van der Waals surface area (Å²) in [6, 6.07) is -1.48. The topological polar surface area (TPSA) is 144 Å². The lowest BCUT2D eigenvalue weighted by atomic mass is 10.1. The SMILES string of the molecule is NCC[C@H](N)C(=O)NCCC[C@H](N)C(=O)O. The van der Waals surface area contributed by atoms with Crippen LogP contribution in [0, 0.1) is 0 Å². The molecule has 0 aliphatic carbocycles. The van der Waals surface area contributed by atoms with Gasteiger partial charge in [-0.05, 0) is 25.8 Å². The lowest BCUT2D eigenvalue weighted by Crippen LogP contribution is -2.42. The van der Waals surface area contributed by atoms with Crippen LogP contribution in [0.2, 0.25) is 0 Å². The number of hydrogen-bond donors (Lipinski definition) is 5. The molecule has 0 aliphatic rings. The van der Waals surface area contributed by atoms with E-state index in [2.05, 4.69) is 5.32 Å². The van der Waals surface area contributed by atoms with E-state index in [1.807, 2.05) is 0 Å². The summed E-state index contributed by atoms with van der Waals surface area (Å²) in [7, 11) is 0.